The van der Waals surface area contributed by atoms with E-state index >= 15 is 0 Å². The van der Waals surface area contributed by atoms with Crippen LogP contribution in [0.25, 0.3) is 0 Å². The van der Waals surface area contributed by atoms with Crippen molar-refractivity contribution in [1.82, 2.24) is 0 Å². The summed E-state index contributed by atoms with van der Waals surface area (Å²) in [4.78, 5) is 1.42. The summed E-state index contributed by atoms with van der Waals surface area (Å²) in [5.41, 5.74) is 1.45. The second kappa shape index (κ2) is 3.62. The largest absolute Gasteiger partial charge is 0.125 e. The molecule has 0 aliphatic carbocycles. The Morgan fingerprint density at radius 2 is 2.42 bits per heavy atom. The number of benzene rings is 1. The van der Waals surface area contributed by atoms with Crippen molar-refractivity contribution in [3.05, 3.63) is 27.3 Å². The Morgan fingerprint density at radius 1 is 1.58 bits per heavy atom. The first kappa shape index (κ1) is 8.94. The van der Waals surface area contributed by atoms with Gasteiger partial charge in [0.05, 0.1) is 7.85 Å². The van der Waals surface area contributed by atoms with Gasteiger partial charge in [-0.25, -0.2) is 0 Å². The Balaban J connectivity index is 2.42. The van der Waals surface area contributed by atoms with Crippen molar-refractivity contribution >= 4 is 42.2 Å². The number of thioether (sulfide) groups is 1. The number of halogens is 1. The second-order valence-corrected chi connectivity index (χ2v) is 5.23. The van der Waals surface area contributed by atoms with Crippen molar-refractivity contribution in [2.75, 3.05) is 5.75 Å². The van der Waals surface area contributed by atoms with E-state index in [-0.39, 0.29) is 0 Å². The summed E-state index contributed by atoms with van der Waals surface area (Å²) in [6.07, 6.45) is 0.778. The molecule has 0 fully saturated rings. The van der Waals surface area contributed by atoms with Gasteiger partial charge in [-0.05, 0) is 52.3 Å². The Bertz CT molecular complexity index is 301. The average molecular weight is 286 g/mol. The van der Waals surface area contributed by atoms with Gasteiger partial charge in [0, 0.05) is 14.2 Å². The maximum absolute atomic E-state index is 5.68. The molecule has 0 aromatic heterocycles. The van der Waals surface area contributed by atoms with Crippen LogP contribution in [0, 0.1) is 3.57 Å². The van der Waals surface area contributed by atoms with Gasteiger partial charge in [-0.1, -0.05) is 6.32 Å². The lowest BCUT2D eigenvalue weighted by Gasteiger charge is -2.06. The van der Waals surface area contributed by atoms with Crippen molar-refractivity contribution in [2.45, 2.75) is 17.1 Å². The SMILES string of the molecule is [B]CC1CSc2ccc(I)cc21. The molecule has 1 aliphatic heterocycles. The molecule has 2 rings (SSSR count). The van der Waals surface area contributed by atoms with Crippen molar-refractivity contribution in [3.8, 4) is 0 Å². The standard InChI is InChI=1S/C9H8BIS/c10-4-6-5-12-9-2-1-7(11)3-8(6)9/h1-3,6H,4-5H2. The summed E-state index contributed by atoms with van der Waals surface area (Å²) >= 11 is 4.28. The molecular weight excluding hydrogens is 278 g/mol. The van der Waals surface area contributed by atoms with Crippen molar-refractivity contribution < 1.29 is 0 Å². The van der Waals surface area contributed by atoms with Gasteiger partial charge in [-0.15, -0.1) is 11.8 Å². The van der Waals surface area contributed by atoms with Crippen LogP contribution in [0.3, 0.4) is 0 Å². The fourth-order valence-corrected chi connectivity index (χ4v) is 3.21. The van der Waals surface area contributed by atoms with Crippen LogP contribution in [0.4, 0.5) is 0 Å². The van der Waals surface area contributed by atoms with Gasteiger partial charge in [-0.3, -0.25) is 0 Å². The van der Waals surface area contributed by atoms with E-state index in [4.69, 9.17) is 7.85 Å². The molecule has 1 unspecified atom stereocenters. The topological polar surface area (TPSA) is 0 Å². The van der Waals surface area contributed by atoms with Crippen LogP contribution in [0.1, 0.15) is 11.5 Å². The van der Waals surface area contributed by atoms with Crippen molar-refractivity contribution in [3.63, 3.8) is 0 Å². The summed E-state index contributed by atoms with van der Waals surface area (Å²) < 4.78 is 1.31. The van der Waals surface area contributed by atoms with Gasteiger partial charge in [0.15, 0.2) is 0 Å². The highest BCUT2D eigenvalue weighted by Crippen LogP contribution is 2.41. The Labute approximate surface area is 92.1 Å². The third-order valence-electron chi connectivity index (χ3n) is 2.14. The van der Waals surface area contributed by atoms with Gasteiger partial charge in [0.1, 0.15) is 0 Å². The third kappa shape index (κ3) is 1.53. The highest BCUT2D eigenvalue weighted by molar-refractivity contribution is 14.1. The Hall–Kier alpha value is 0.365. The highest BCUT2D eigenvalue weighted by Gasteiger charge is 2.20. The quantitative estimate of drug-likeness (QED) is 0.564. The lowest BCUT2D eigenvalue weighted by atomic mass is 9.87. The van der Waals surface area contributed by atoms with Crippen LogP contribution in [0.15, 0.2) is 23.1 Å². The van der Waals surface area contributed by atoms with Crippen LogP contribution in [-0.2, 0) is 0 Å². The monoisotopic (exact) mass is 286 g/mol. The molecule has 12 heavy (non-hydrogen) atoms. The molecule has 1 aliphatic rings. The van der Waals surface area contributed by atoms with E-state index < -0.39 is 0 Å². The lowest BCUT2D eigenvalue weighted by molar-refractivity contribution is 0.878. The van der Waals surface area contributed by atoms with E-state index in [1.165, 1.54) is 14.0 Å². The van der Waals surface area contributed by atoms with Gasteiger partial charge in [0.2, 0.25) is 0 Å². The normalized spacial score (nSPS) is 20.9. The minimum Gasteiger partial charge on any atom is -0.125 e. The predicted octanol–water partition coefficient (Wildman–Crippen LogP) is 3.07. The Morgan fingerprint density at radius 3 is 3.17 bits per heavy atom. The molecule has 0 nitrogen and oxygen atoms in total. The van der Waals surface area contributed by atoms with E-state index in [2.05, 4.69) is 40.8 Å². The molecule has 0 N–H and O–H groups in total. The highest BCUT2D eigenvalue weighted by atomic mass is 127. The number of hydrogen-bond donors (Lipinski definition) is 0. The maximum atomic E-state index is 5.68. The number of rotatable bonds is 1. The maximum Gasteiger partial charge on any atom is 0.0661 e. The zero-order chi connectivity index (χ0) is 8.55. The smallest absolute Gasteiger partial charge is 0.0661 e. The van der Waals surface area contributed by atoms with E-state index in [0.29, 0.717) is 5.92 Å². The summed E-state index contributed by atoms with van der Waals surface area (Å²) in [6, 6.07) is 6.62. The number of hydrogen-bond acceptors (Lipinski definition) is 1. The molecule has 1 aromatic carbocycles. The fourth-order valence-electron chi connectivity index (χ4n) is 1.44. The van der Waals surface area contributed by atoms with E-state index in [1.54, 1.807) is 0 Å². The summed E-state index contributed by atoms with van der Waals surface area (Å²) in [5, 5.41) is 0. The van der Waals surface area contributed by atoms with Crippen LogP contribution in [0.5, 0.6) is 0 Å². The van der Waals surface area contributed by atoms with Crippen LogP contribution in [-0.4, -0.2) is 13.6 Å². The average Bonchev–Trinajstić information content (AvgIpc) is 2.46. The minimum atomic E-state index is 0.583. The molecule has 0 spiro atoms. The third-order valence-corrected chi connectivity index (χ3v) is 4.06. The first-order valence-corrected chi connectivity index (χ1v) is 6.00. The second-order valence-electron chi connectivity index (χ2n) is 2.93. The molecule has 0 amide bonds. The van der Waals surface area contributed by atoms with Crippen LogP contribution >= 0.6 is 34.4 Å². The van der Waals surface area contributed by atoms with E-state index in [0.717, 1.165) is 12.1 Å². The van der Waals surface area contributed by atoms with Crippen molar-refractivity contribution in [2.24, 2.45) is 0 Å². The van der Waals surface area contributed by atoms with E-state index in [1.807, 2.05) is 11.8 Å². The van der Waals surface area contributed by atoms with Gasteiger partial charge >= 0.3 is 0 Å². The molecule has 0 saturated heterocycles. The van der Waals surface area contributed by atoms with E-state index in [9.17, 15) is 0 Å². The zero-order valence-corrected chi connectivity index (χ0v) is 9.56. The van der Waals surface area contributed by atoms with Gasteiger partial charge < -0.3 is 0 Å². The summed E-state index contributed by atoms with van der Waals surface area (Å²) in [5.74, 6) is 1.74. The van der Waals surface area contributed by atoms with Gasteiger partial charge in [0.25, 0.3) is 0 Å². The molecular formula is C9H8BIS. The zero-order valence-electron chi connectivity index (χ0n) is 6.59. The first-order chi connectivity index (χ1) is 5.81. The predicted molar refractivity (Wildman–Crippen MR) is 63.2 cm³/mol. The summed E-state index contributed by atoms with van der Waals surface area (Å²) in [7, 11) is 5.68. The molecule has 0 bridgehead atoms. The lowest BCUT2D eigenvalue weighted by Crippen LogP contribution is -1.95. The summed E-state index contributed by atoms with van der Waals surface area (Å²) in [6.45, 7) is 0. The molecule has 2 radical (unpaired) electrons. The van der Waals surface area contributed by atoms with Gasteiger partial charge in [-0.2, -0.15) is 0 Å². The molecule has 1 aromatic rings. The molecule has 60 valence electrons. The first-order valence-electron chi connectivity index (χ1n) is 3.93. The molecule has 1 atom stereocenters. The van der Waals surface area contributed by atoms with Crippen LogP contribution in [0.2, 0.25) is 6.32 Å². The number of fused-ring (bicyclic) bond motifs is 1. The fraction of sp³-hybridized carbons (Fsp3) is 0.333. The van der Waals surface area contributed by atoms with Crippen molar-refractivity contribution in [1.29, 1.82) is 0 Å². The molecule has 0 saturated carbocycles. The molecule has 1 heterocycles. The Kier molecular flexibility index (Phi) is 2.70. The van der Waals surface area contributed by atoms with Crippen LogP contribution < -0.4 is 0 Å². The molecule has 3 heteroatoms. The minimum absolute atomic E-state index is 0.583.